The van der Waals surface area contributed by atoms with E-state index in [1.807, 2.05) is 24.5 Å². The van der Waals surface area contributed by atoms with Gasteiger partial charge in [0, 0.05) is 26.0 Å². The van der Waals surface area contributed by atoms with Gasteiger partial charge in [-0.1, -0.05) is 12.1 Å². The lowest BCUT2D eigenvalue weighted by atomic mass is 10.1. The standard InChI is InChI=1S/C14H19N3/c1-11-4-3-5-13(15)14(11)17(2)9-7-12-6-8-16-10-12/h3-6,8,10,16H,7,9,15H2,1-2H3. The van der Waals surface area contributed by atoms with Crippen molar-refractivity contribution in [2.45, 2.75) is 13.3 Å². The van der Waals surface area contributed by atoms with Crippen LogP contribution in [0.25, 0.3) is 0 Å². The second-order valence-corrected chi connectivity index (χ2v) is 4.40. The Morgan fingerprint density at radius 2 is 2.12 bits per heavy atom. The van der Waals surface area contributed by atoms with Gasteiger partial charge >= 0.3 is 0 Å². The fourth-order valence-corrected chi connectivity index (χ4v) is 2.13. The molecule has 1 aromatic heterocycles. The number of aromatic nitrogens is 1. The first-order valence-electron chi connectivity index (χ1n) is 5.86. The highest BCUT2D eigenvalue weighted by Gasteiger charge is 2.08. The van der Waals surface area contributed by atoms with Gasteiger partial charge in [0.1, 0.15) is 0 Å². The first kappa shape index (κ1) is 11.6. The van der Waals surface area contributed by atoms with Crippen molar-refractivity contribution >= 4 is 11.4 Å². The van der Waals surface area contributed by atoms with E-state index in [1.54, 1.807) is 0 Å². The summed E-state index contributed by atoms with van der Waals surface area (Å²) in [6.45, 7) is 3.06. The third-order valence-corrected chi connectivity index (χ3v) is 3.05. The molecule has 0 aliphatic heterocycles. The van der Waals surface area contributed by atoms with Crippen molar-refractivity contribution in [1.29, 1.82) is 0 Å². The van der Waals surface area contributed by atoms with Crippen LogP contribution in [0.3, 0.4) is 0 Å². The van der Waals surface area contributed by atoms with E-state index in [2.05, 4.69) is 36.0 Å². The zero-order valence-electron chi connectivity index (χ0n) is 10.4. The van der Waals surface area contributed by atoms with E-state index in [1.165, 1.54) is 11.1 Å². The van der Waals surface area contributed by atoms with Crippen molar-refractivity contribution in [3.05, 3.63) is 47.8 Å². The van der Waals surface area contributed by atoms with Crippen molar-refractivity contribution in [2.24, 2.45) is 0 Å². The number of likely N-dealkylation sites (N-methyl/N-ethyl adjacent to an activating group) is 1. The van der Waals surface area contributed by atoms with Gasteiger partial charge in [-0.15, -0.1) is 0 Å². The molecule has 90 valence electrons. The molecule has 17 heavy (non-hydrogen) atoms. The van der Waals surface area contributed by atoms with Gasteiger partial charge in [-0.2, -0.15) is 0 Å². The Labute approximate surface area is 102 Å². The lowest BCUT2D eigenvalue weighted by Gasteiger charge is -2.23. The number of benzene rings is 1. The van der Waals surface area contributed by atoms with E-state index in [-0.39, 0.29) is 0 Å². The first-order chi connectivity index (χ1) is 8.18. The summed E-state index contributed by atoms with van der Waals surface area (Å²) in [5.74, 6) is 0. The number of nitrogens with zero attached hydrogens (tertiary/aromatic N) is 1. The molecule has 0 atom stereocenters. The quantitative estimate of drug-likeness (QED) is 0.791. The van der Waals surface area contributed by atoms with Crippen molar-refractivity contribution in [1.82, 2.24) is 4.98 Å². The Bertz CT molecular complexity index is 454. The molecule has 1 aromatic carbocycles. The number of aryl methyl sites for hydroxylation is 1. The average molecular weight is 229 g/mol. The summed E-state index contributed by atoms with van der Waals surface area (Å²) in [7, 11) is 2.09. The van der Waals surface area contributed by atoms with Gasteiger partial charge in [-0.05, 0) is 36.6 Å². The topological polar surface area (TPSA) is 45.0 Å². The molecule has 0 unspecified atom stereocenters. The molecule has 0 saturated heterocycles. The second kappa shape index (κ2) is 4.95. The summed E-state index contributed by atoms with van der Waals surface area (Å²) < 4.78 is 0. The van der Waals surface area contributed by atoms with Crippen LogP contribution in [0.1, 0.15) is 11.1 Å². The Balaban J connectivity index is 2.07. The Morgan fingerprint density at radius 3 is 2.76 bits per heavy atom. The predicted octanol–water partition coefficient (Wildman–Crippen LogP) is 2.58. The van der Waals surface area contributed by atoms with Gasteiger partial charge in [0.15, 0.2) is 0 Å². The third kappa shape index (κ3) is 2.61. The molecule has 3 N–H and O–H groups in total. The molecule has 0 spiro atoms. The SMILES string of the molecule is Cc1cccc(N)c1N(C)CCc1cc[nH]c1. The summed E-state index contributed by atoms with van der Waals surface area (Å²) in [5.41, 5.74) is 10.6. The molecule has 0 aliphatic rings. The number of hydrogen-bond donors (Lipinski definition) is 2. The largest absolute Gasteiger partial charge is 0.397 e. The van der Waals surface area contributed by atoms with Gasteiger partial charge in [0.2, 0.25) is 0 Å². The molecule has 0 amide bonds. The number of para-hydroxylation sites is 1. The number of nitrogen functional groups attached to an aromatic ring is 1. The summed E-state index contributed by atoms with van der Waals surface area (Å²) in [6.07, 6.45) is 5.01. The van der Waals surface area contributed by atoms with Crippen molar-refractivity contribution in [3.63, 3.8) is 0 Å². The molecule has 1 heterocycles. The second-order valence-electron chi connectivity index (χ2n) is 4.40. The molecular formula is C14H19N3. The minimum Gasteiger partial charge on any atom is -0.397 e. The van der Waals surface area contributed by atoms with Gasteiger partial charge < -0.3 is 15.6 Å². The zero-order chi connectivity index (χ0) is 12.3. The predicted molar refractivity (Wildman–Crippen MR) is 73.4 cm³/mol. The van der Waals surface area contributed by atoms with Crippen LogP contribution in [0.5, 0.6) is 0 Å². The number of H-pyrrole nitrogens is 1. The van der Waals surface area contributed by atoms with Crippen molar-refractivity contribution in [2.75, 3.05) is 24.2 Å². The molecule has 2 aromatic rings. The van der Waals surface area contributed by atoms with E-state index in [0.29, 0.717) is 0 Å². The number of anilines is 2. The molecule has 0 aliphatic carbocycles. The number of nitrogens with two attached hydrogens (primary N) is 1. The van der Waals surface area contributed by atoms with E-state index >= 15 is 0 Å². The van der Waals surface area contributed by atoms with Crippen LogP contribution in [0.4, 0.5) is 11.4 Å². The highest BCUT2D eigenvalue weighted by molar-refractivity contribution is 5.71. The van der Waals surface area contributed by atoms with E-state index < -0.39 is 0 Å². The van der Waals surface area contributed by atoms with Crippen LogP contribution in [0.15, 0.2) is 36.7 Å². The zero-order valence-corrected chi connectivity index (χ0v) is 10.4. The highest BCUT2D eigenvalue weighted by Crippen LogP contribution is 2.26. The molecule has 0 bridgehead atoms. The maximum absolute atomic E-state index is 6.02. The lowest BCUT2D eigenvalue weighted by molar-refractivity contribution is 0.875. The van der Waals surface area contributed by atoms with Gasteiger partial charge in [-0.25, -0.2) is 0 Å². The van der Waals surface area contributed by atoms with Crippen LogP contribution in [0, 0.1) is 6.92 Å². The van der Waals surface area contributed by atoms with Gasteiger partial charge in [0.05, 0.1) is 11.4 Å². The summed E-state index contributed by atoms with van der Waals surface area (Å²) in [5, 5.41) is 0. The summed E-state index contributed by atoms with van der Waals surface area (Å²) in [6, 6.07) is 8.15. The minimum atomic E-state index is 0.849. The fourth-order valence-electron chi connectivity index (χ4n) is 2.13. The molecule has 0 fully saturated rings. The Hall–Kier alpha value is -1.90. The smallest absolute Gasteiger partial charge is 0.0627 e. The molecular weight excluding hydrogens is 210 g/mol. The monoisotopic (exact) mass is 229 g/mol. The van der Waals surface area contributed by atoms with Gasteiger partial charge in [-0.3, -0.25) is 0 Å². The first-order valence-corrected chi connectivity index (χ1v) is 5.86. The van der Waals surface area contributed by atoms with Crippen LogP contribution < -0.4 is 10.6 Å². The van der Waals surface area contributed by atoms with E-state index in [9.17, 15) is 0 Å². The highest BCUT2D eigenvalue weighted by atomic mass is 15.1. The number of aromatic amines is 1. The van der Waals surface area contributed by atoms with E-state index in [4.69, 9.17) is 5.73 Å². The fraction of sp³-hybridized carbons (Fsp3) is 0.286. The van der Waals surface area contributed by atoms with Crippen LogP contribution in [-0.2, 0) is 6.42 Å². The number of hydrogen-bond acceptors (Lipinski definition) is 2. The average Bonchev–Trinajstić information content (AvgIpc) is 2.79. The number of rotatable bonds is 4. The Kier molecular flexibility index (Phi) is 3.38. The maximum Gasteiger partial charge on any atom is 0.0627 e. The molecule has 0 radical (unpaired) electrons. The van der Waals surface area contributed by atoms with Crippen LogP contribution >= 0.6 is 0 Å². The van der Waals surface area contributed by atoms with Crippen LogP contribution in [-0.4, -0.2) is 18.6 Å². The Morgan fingerprint density at radius 1 is 1.29 bits per heavy atom. The summed E-state index contributed by atoms with van der Waals surface area (Å²) in [4.78, 5) is 5.29. The van der Waals surface area contributed by atoms with Crippen molar-refractivity contribution < 1.29 is 0 Å². The normalized spacial score (nSPS) is 10.5. The molecule has 2 rings (SSSR count). The van der Waals surface area contributed by atoms with Crippen molar-refractivity contribution in [3.8, 4) is 0 Å². The minimum absolute atomic E-state index is 0.849. The molecule has 3 nitrogen and oxygen atoms in total. The third-order valence-electron chi connectivity index (χ3n) is 3.05. The molecule has 0 saturated carbocycles. The lowest BCUT2D eigenvalue weighted by Crippen LogP contribution is -2.22. The molecule has 3 heteroatoms. The maximum atomic E-state index is 6.02. The number of nitrogens with one attached hydrogen (secondary N) is 1. The summed E-state index contributed by atoms with van der Waals surface area (Å²) >= 11 is 0. The van der Waals surface area contributed by atoms with E-state index in [0.717, 1.165) is 24.3 Å². The van der Waals surface area contributed by atoms with Gasteiger partial charge in [0.25, 0.3) is 0 Å². The van der Waals surface area contributed by atoms with Crippen LogP contribution in [0.2, 0.25) is 0 Å².